The van der Waals surface area contributed by atoms with Crippen molar-refractivity contribution in [2.24, 2.45) is 0 Å². The maximum Gasteiger partial charge on any atom is 0.253 e. The number of likely N-dealkylation sites (tertiary alicyclic amines) is 1. The van der Waals surface area contributed by atoms with Crippen LogP contribution in [0.1, 0.15) is 23.2 Å². The average molecular weight is 241 g/mol. The van der Waals surface area contributed by atoms with E-state index >= 15 is 0 Å². The van der Waals surface area contributed by atoms with Crippen LogP contribution in [0.4, 0.5) is 0 Å². The Bertz CT molecular complexity index is 542. The SMILES string of the molecule is O=C(c1cccc(-c2ccn[nH]2)c1)N1CCCC1. The molecular formula is C14H15N3O. The first kappa shape index (κ1) is 11.0. The lowest BCUT2D eigenvalue weighted by Crippen LogP contribution is -2.27. The van der Waals surface area contributed by atoms with E-state index in [1.807, 2.05) is 35.2 Å². The number of H-pyrrole nitrogens is 1. The number of aromatic nitrogens is 2. The van der Waals surface area contributed by atoms with E-state index < -0.39 is 0 Å². The van der Waals surface area contributed by atoms with E-state index in [1.165, 1.54) is 0 Å². The van der Waals surface area contributed by atoms with Crippen LogP contribution in [0.5, 0.6) is 0 Å². The summed E-state index contributed by atoms with van der Waals surface area (Å²) in [5.74, 6) is 0.133. The minimum absolute atomic E-state index is 0.133. The molecule has 4 heteroatoms. The maximum atomic E-state index is 12.3. The highest BCUT2D eigenvalue weighted by molar-refractivity contribution is 5.95. The van der Waals surface area contributed by atoms with Crippen LogP contribution in [0.15, 0.2) is 36.5 Å². The molecule has 1 N–H and O–H groups in total. The largest absolute Gasteiger partial charge is 0.339 e. The molecule has 1 aromatic carbocycles. The molecule has 92 valence electrons. The molecular weight excluding hydrogens is 226 g/mol. The standard InChI is InChI=1S/C14H15N3O/c18-14(17-8-1-2-9-17)12-5-3-4-11(10-12)13-6-7-15-16-13/h3-7,10H,1-2,8-9H2,(H,15,16). The minimum Gasteiger partial charge on any atom is -0.339 e. The summed E-state index contributed by atoms with van der Waals surface area (Å²) in [6.07, 6.45) is 3.95. The fourth-order valence-corrected chi connectivity index (χ4v) is 2.34. The molecule has 3 rings (SSSR count). The van der Waals surface area contributed by atoms with Gasteiger partial charge in [0.2, 0.25) is 0 Å². The Balaban J connectivity index is 1.89. The molecule has 1 fully saturated rings. The quantitative estimate of drug-likeness (QED) is 0.877. The summed E-state index contributed by atoms with van der Waals surface area (Å²) in [7, 11) is 0. The molecule has 0 atom stereocenters. The van der Waals surface area contributed by atoms with Gasteiger partial charge in [0.05, 0.1) is 5.69 Å². The van der Waals surface area contributed by atoms with Crippen LogP contribution in [0, 0.1) is 0 Å². The number of hydrogen-bond acceptors (Lipinski definition) is 2. The lowest BCUT2D eigenvalue weighted by molar-refractivity contribution is 0.0793. The van der Waals surface area contributed by atoms with Crippen molar-refractivity contribution in [3.8, 4) is 11.3 Å². The van der Waals surface area contributed by atoms with E-state index in [0.717, 1.165) is 42.8 Å². The summed E-state index contributed by atoms with van der Waals surface area (Å²) < 4.78 is 0. The predicted molar refractivity (Wildman–Crippen MR) is 69.2 cm³/mol. The third kappa shape index (κ3) is 2.01. The lowest BCUT2D eigenvalue weighted by atomic mass is 10.1. The molecule has 1 saturated heterocycles. The smallest absolute Gasteiger partial charge is 0.253 e. The normalized spacial score (nSPS) is 15.0. The Labute approximate surface area is 106 Å². The zero-order chi connectivity index (χ0) is 12.4. The Morgan fingerprint density at radius 1 is 1.22 bits per heavy atom. The van der Waals surface area contributed by atoms with E-state index in [9.17, 15) is 4.79 Å². The molecule has 18 heavy (non-hydrogen) atoms. The number of benzene rings is 1. The van der Waals surface area contributed by atoms with Crippen LogP contribution in [-0.4, -0.2) is 34.1 Å². The van der Waals surface area contributed by atoms with Crippen molar-refractivity contribution in [3.05, 3.63) is 42.1 Å². The Morgan fingerprint density at radius 2 is 2.06 bits per heavy atom. The van der Waals surface area contributed by atoms with E-state index in [4.69, 9.17) is 0 Å². The van der Waals surface area contributed by atoms with Crippen LogP contribution < -0.4 is 0 Å². The minimum atomic E-state index is 0.133. The molecule has 1 aromatic heterocycles. The van der Waals surface area contributed by atoms with Gasteiger partial charge < -0.3 is 4.90 Å². The second-order valence-corrected chi connectivity index (χ2v) is 4.55. The number of carbonyl (C=O) groups is 1. The van der Waals surface area contributed by atoms with Gasteiger partial charge in [-0.25, -0.2) is 0 Å². The van der Waals surface area contributed by atoms with Crippen molar-refractivity contribution in [1.82, 2.24) is 15.1 Å². The van der Waals surface area contributed by atoms with Gasteiger partial charge in [0.25, 0.3) is 5.91 Å². The van der Waals surface area contributed by atoms with Gasteiger partial charge >= 0.3 is 0 Å². The third-order valence-electron chi connectivity index (χ3n) is 3.31. The van der Waals surface area contributed by atoms with Gasteiger partial charge in [-0.2, -0.15) is 5.10 Å². The highest BCUT2D eigenvalue weighted by atomic mass is 16.2. The second-order valence-electron chi connectivity index (χ2n) is 4.55. The van der Waals surface area contributed by atoms with Crippen LogP contribution in [-0.2, 0) is 0 Å². The summed E-state index contributed by atoms with van der Waals surface area (Å²) in [4.78, 5) is 14.2. The van der Waals surface area contributed by atoms with E-state index in [-0.39, 0.29) is 5.91 Å². The third-order valence-corrected chi connectivity index (χ3v) is 3.31. The molecule has 0 bridgehead atoms. The van der Waals surface area contributed by atoms with Gasteiger partial charge in [-0.05, 0) is 31.0 Å². The van der Waals surface area contributed by atoms with Gasteiger partial charge in [0, 0.05) is 30.4 Å². The first-order chi connectivity index (χ1) is 8.84. The van der Waals surface area contributed by atoms with Crippen molar-refractivity contribution in [2.75, 3.05) is 13.1 Å². The molecule has 2 heterocycles. The van der Waals surface area contributed by atoms with Crippen LogP contribution in [0.25, 0.3) is 11.3 Å². The average Bonchev–Trinajstić information content (AvgIpc) is 3.11. The van der Waals surface area contributed by atoms with Gasteiger partial charge in [0.1, 0.15) is 0 Å². The van der Waals surface area contributed by atoms with E-state index in [0.29, 0.717) is 0 Å². The fraction of sp³-hybridized carbons (Fsp3) is 0.286. The highest BCUT2D eigenvalue weighted by Crippen LogP contribution is 2.19. The number of nitrogens with one attached hydrogen (secondary N) is 1. The second kappa shape index (κ2) is 4.64. The van der Waals surface area contributed by atoms with Gasteiger partial charge in [-0.1, -0.05) is 12.1 Å². The highest BCUT2D eigenvalue weighted by Gasteiger charge is 2.19. The number of rotatable bonds is 2. The topological polar surface area (TPSA) is 49.0 Å². The fourth-order valence-electron chi connectivity index (χ4n) is 2.34. The molecule has 1 aliphatic heterocycles. The molecule has 4 nitrogen and oxygen atoms in total. The summed E-state index contributed by atoms with van der Waals surface area (Å²) >= 11 is 0. The molecule has 1 aliphatic rings. The zero-order valence-electron chi connectivity index (χ0n) is 10.1. The number of hydrogen-bond donors (Lipinski definition) is 1. The number of amides is 1. The molecule has 1 amide bonds. The van der Waals surface area contributed by atoms with Crippen molar-refractivity contribution < 1.29 is 4.79 Å². The summed E-state index contributed by atoms with van der Waals surface area (Å²) in [5, 5.41) is 6.84. The van der Waals surface area contributed by atoms with Gasteiger partial charge in [-0.3, -0.25) is 9.89 Å². The van der Waals surface area contributed by atoms with Gasteiger partial charge in [0.15, 0.2) is 0 Å². The van der Waals surface area contributed by atoms with Crippen LogP contribution in [0.2, 0.25) is 0 Å². The molecule has 0 aliphatic carbocycles. The first-order valence-corrected chi connectivity index (χ1v) is 6.24. The summed E-state index contributed by atoms with van der Waals surface area (Å²) in [5.41, 5.74) is 2.69. The van der Waals surface area contributed by atoms with Crippen molar-refractivity contribution in [2.45, 2.75) is 12.8 Å². The van der Waals surface area contributed by atoms with Crippen LogP contribution >= 0.6 is 0 Å². The summed E-state index contributed by atoms with van der Waals surface area (Å²) in [6.45, 7) is 1.76. The van der Waals surface area contributed by atoms with Gasteiger partial charge in [-0.15, -0.1) is 0 Å². The van der Waals surface area contributed by atoms with E-state index in [2.05, 4.69) is 10.2 Å². The lowest BCUT2D eigenvalue weighted by Gasteiger charge is -2.15. The number of nitrogens with zero attached hydrogens (tertiary/aromatic N) is 2. The van der Waals surface area contributed by atoms with Crippen molar-refractivity contribution >= 4 is 5.91 Å². The molecule has 2 aromatic rings. The maximum absolute atomic E-state index is 12.3. The van der Waals surface area contributed by atoms with Crippen molar-refractivity contribution in [1.29, 1.82) is 0 Å². The first-order valence-electron chi connectivity index (χ1n) is 6.24. The number of carbonyl (C=O) groups excluding carboxylic acids is 1. The molecule has 0 spiro atoms. The molecule has 0 radical (unpaired) electrons. The monoisotopic (exact) mass is 241 g/mol. The van der Waals surface area contributed by atoms with E-state index in [1.54, 1.807) is 6.20 Å². The Kier molecular flexibility index (Phi) is 2.84. The van der Waals surface area contributed by atoms with Crippen LogP contribution in [0.3, 0.4) is 0 Å². The number of aromatic amines is 1. The predicted octanol–water partition coefficient (Wildman–Crippen LogP) is 2.31. The summed E-state index contributed by atoms with van der Waals surface area (Å²) in [6, 6.07) is 9.60. The molecule has 0 unspecified atom stereocenters. The molecule has 0 saturated carbocycles. The Morgan fingerprint density at radius 3 is 2.78 bits per heavy atom. The van der Waals surface area contributed by atoms with Crippen molar-refractivity contribution in [3.63, 3.8) is 0 Å². The Hall–Kier alpha value is -2.10. The zero-order valence-corrected chi connectivity index (χ0v) is 10.1.